The molecular formula is C10H11FN4. The molecule has 1 heterocycles. The molecule has 15 heavy (non-hydrogen) atoms. The molecule has 0 spiro atoms. The van der Waals surface area contributed by atoms with Gasteiger partial charge < -0.3 is 5.73 Å². The minimum atomic E-state index is -0.258. The molecule has 0 saturated carbocycles. The predicted octanol–water partition coefficient (Wildman–Crippen LogP) is 1.38. The SMILES string of the molecule is Cc1cc(F)ccc1-c1n[nH]c(CN)n1. The number of aromatic nitrogens is 3. The van der Waals surface area contributed by atoms with Crippen LogP contribution in [0, 0.1) is 12.7 Å². The van der Waals surface area contributed by atoms with Crippen LogP contribution in [0.4, 0.5) is 4.39 Å². The van der Waals surface area contributed by atoms with Gasteiger partial charge in [0.05, 0.1) is 6.54 Å². The molecule has 0 aliphatic rings. The van der Waals surface area contributed by atoms with E-state index in [1.807, 2.05) is 6.92 Å². The second-order valence-corrected chi connectivity index (χ2v) is 3.27. The van der Waals surface area contributed by atoms with Gasteiger partial charge in [0.2, 0.25) is 0 Å². The van der Waals surface area contributed by atoms with Gasteiger partial charge in [0.1, 0.15) is 11.6 Å². The van der Waals surface area contributed by atoms with Crippen molar-refractivity contribution >= 4 is 0 Å². The summed E-state index contributed by atoms with van der Waals surface area (Å²) in [6, 6.07) is 4.50. The molecule has 2 rings (SSSR count). The Morgan fingerprint density at radius 3 is 2.87 bits per heavy atom. The molecule has 0 atom stereocenters. The Labute approximate surface area is 86.3 Å². The molecule has 78 valence electrons. The number of benzene rings is 1. The van der Waals surface area contributed by atoms with E-state index in [9.17, 15) is 4.39 Å². The standard InChI is InChI=1S/C10H11FN4/c1-6-4-7(11)2-3-8(6)10-13-9(5-12)14-15-10/h2-4H,5,12H2,1H3,(H,13,14,15). The molecular weight excluding hydrogens is 195 g/mol. The van der Waals surface area contributed by atoms with Crippen molar-refractivity contribution in [2.45, 2.75) is 13.5 Å². The predicted molar refractivity (Wildman–Crippen MR) is 54.4 cm³/mol. The molecule has 0 radical (unpaired) electrons. The number of hydrogen-bond donors (Lipinski definition) is 2. The second kappa shape index (κ2) is 3.78. The highest BCUT2D eigenvalue weighted by molar-refractivity contribution is 5.59. The maximum atomic E-state index is 12.9. The van der Waals surface area contributed by atoms with Crippen molar-refractivity contribution < 1.29 is 4.39 Å². The van der Waals surface area contributed by atoms with Crippen LogP contribution >= 0.6 is 0 Å². The molecule has 5 heteroatoms. The Hall–Kier alpha value is -1.75. The fourth-order valence-corrected chi connectivity index (χ4v) is 1.39. The molecule has 0 bridgehead atoms. The molecule has 2 aromatic rings. The van der Waals surface area contributed by atoms with Gasteiger partial charge in [-0.1, -0.05) is 0 Å². The number of nitrogens with one attached hydrogen (secondary N) is 1. The summed E-state index contributed by atoms with van der Waals surface area (Å²) >= 11 is 0. The molecule has 1 aromatic heterocycles. The quantitative estimate of drug-likeness (QED) is 0.780. The van der Waals surface area contributed by atoms with E-state index >= 15 is 0 Å². The van der Waals surface area contributed by atoms with E-state index in [0.29, 0.717) is 18.2 Å². The molecule has 0 fully saturated rings. The Kier molecular flexibility index (Phi) is 2.47. The lowest BCUT2D eigenvalue weighted by Gasteiger charge is -2.00. The molecule has 0 aliphatic heterocycles. The van der Waals surface area contributed by atoms with Crippen LogP contribution in [0.1, 0.15) is 11.4 Å². The third-order valence-electron chi connectivity index (χ3n) is 2.15. The molecule has 3 N–H and O–H groups in total. The number of rotatable bonds is 2. The fourth-order valence-electron chi connectivity index (χ4n) is 1.39. The van der Waals surface area contributed by atoms with E-state index < -0.39 is 0 Å². The smallest absolute Gasteiger partial charge is 0.181 e. The van der Waals surface area contributed by atoms with Crippen LogP contribution < -0.4 is 5.73 Å². The van der Waals surface area contributed by atoms with Gasteiger partial charge in [-0.3, -0.25) is 5.10 Å². The van der Waals surface area contributed by atoms with Crippen LogP contribution in [-0.2, 0) is 6.54 Å². The summed E-state index contributed by atoms with van der Waals surface area (Å²) in [6.45, 7) is 2.13. The Morgan fingerprint density at radius 2 is 2.27 bits per heavy atom. The highest BCUT2D eigenvalue weighted by Gasteiger charge is 2.08. The van der Waals surface area contributed by atoms with Crippen molar-refractivity contribution in [3.63, 3.8) is 0 Å². The summed E-state index contributed by atoms with van der Waals surface area (Å²) in [6.07, 6.45) is 0. The van der Waals surface area contributed by atoms with Gasteiger partial charge in [0.25, 0.3) is 0 Å². The first-order valence-corrected chi connectivity index (χ1v) is 4.58. The summed E-state index contributed by atoms with van der Waals surface area (Å²) in [4.78, 5) is 4.18. The first kappa shape index (κ1) is 9.79. The van der Waals surface area contributed by atoms with Crippen molar-refractivity contribution in [3.05, 3.63) is 35.4 Å². The van der Waals surface area contributed by atoms with Gasteiger partial charge in [-0.2, -0.15) is 5.10 Å². The average Bonchev–Trinajstić information content (AvgIpc) is 2.66. The summed E-state index contributed by atoms with van der Waals surface area (Å²) in [5, 5.41) is 6.73. The van der Waals surface area contributed by atoms with Gasteiger partial charge in [-0.05, 0) is 30.7 Å². The first-order valence-electron chi connectivity index (χ1n) is 4.58. The Morgan fingerprint density at radius 1 is 1.47 bits per heavy atom. The van der Waals surface area contributed by atoms with Crippen molar-refractivity contribution in [2.75, 3.05) is 0 Å². The van der Waals surface area contributed by atoms with Crippen LogP contribution in [0.3, 0.4) is 0 Å². The maximum Gasteiger partial charge on any atom is 0.181 e. The van der Waals surface area contributed by atoms with Crippen LogP contribution in [-0.4, -0.2) is 15.2 Å². The number of aryl methyl sites for hydroxylation is 1. The van der Waals surface area contributed by atoms with E-state index in [1.54, 1.807) is 6.07 Å². The number of nitrogens with zero attached hydrogens (tertiary/aromatic N) is 2. The third-order valence-corrected chi connectivity index (χ3v) is 2.15. The third kappa shape index (κ3) is 1.87. The molecule has 0 unspecified atom stereocenters. The normalized spacial score (nSPS) is 10.6. The Bertz CT molecular complexity index is 478. The van der Waals surface area contributed by atoms with Gasteiger partial charge in [-0.15, -0.1) is 0 Å². The maximum absolute atomic E-state index is 12.9. The molecule has 0 aliphatic carbocycles. The second-order valence-electron chi connectivity index (χ2n) is 3.27. The molecule has 4 nitrogen and oxygen atoms in total. The van der Waals surface area contributed by atoms with E-state index in [1.165, 1.54) is 12.1 Å². The lowest BCUT2D eigenvalue weighted by molar-refractivity contribution is 0.627. The van der Waals surface area contributed by atoms with Gasteiger partial charge in [0, 0.05) is 5.56 Å². The summed E-state index contributed by atoms with van der Waals surface area (Å²) in [5.74, 6) is 0.910. The highest BCUT2D eigenvalue weighted by Crippen LogP contribution is 2.20. The van der Waals surface area contributed by atoms with Gasteiger partial charge in [-0.25, -0.2) is 9.37 Å². The lowest BCUT2D eigenvalue weighted by atomic mass is 10.1. The molecule has 0 saturated heterocycles. The number of hydrogen-bond acceptors (Lipinski definition) is 3. The van der Waals surface area contributed by atoms with Crippen LogP contribution in [0.2, 0.25) is 0 Å². The monoisotopic (exact) mass is 206 g/mol. The molecule has 0 amide bonds. The van der Waals surface area contributed by atoms with E-state index in [2.05, 4.69) is 15.2 Å². The largest absolute Gasteiger partial charge is 0.324 e. The number of H-pyrrole nitrogens is 1. The Balaban J connectivity index is 2.44. The minimum absolute atomic E-state index is 0.258. The summed E-state index contributed by atoms with van der Waals surface area (Å²) < 4.78 is 12.9. The number of aromatic amines is 1. The highest BCUT2D eigenvalue weighted by atomic mass is 19.1. The van der Waals surface area contributed by atoms with Crippen LogP contribution in [0.15, 0.2) is 18.2 Å². The van der Waals surface area contributed by atoms with E-state index in [0.717, 1.165) is 11.1 Å². The van der Waals surface area contributed by atoms with Crippen LogP contribution in [0.25, 0.3) is 11.4 Å². The average molecular weight is 206 g/mol. The zero-order valence-electron chi connectivity index (χ0n) is 8.29. The molecule has 1 aromatic carbocycles. The minimum Gasteiger partial charge on any atom is -0.324 e. The van der Waals surface area contributed by atoms with Gasteiger partial charge >= 0.3 is 0 Å². The summed E-state index contributed by atoms with van der Waals surface area (Å²) in [5.41, 5.74) is 7.03. The van der Waals surface area contributed by atoms with Crippen LogP contribution in [0.5, 0.6) is 0 Å². The summed E-state index contributed by atoms with van der Waals surface area (Å²) in [7, 11) is 0. The van der Waals surface area contributed by atoms with Crippen molar-refractivity contribution in [3.8, 4) is 11.4 Å². The van der Waals surface area contributed by atoms with Crippen molar-refractivity contribution in [1.82, 2.24) is 15.2 Å². The topological polar surface area (TPSA) is 67.6 Å². The number of nitrogens with two attached hydrogens (primary N) is 1. The zero-order valence-corrected chi connectivity index (χ0v) is 8.29. The van der Waals surface area contributed by atoms with Crippen molar-refractivity contribution in [1.29, 1.82) is 0 Å². The van der Waals surface area contributed by atoms with Gasteiger partial charge in [0.15, 0.2) is 5.82 Å². The first-order chi connectivity index (χ1) is 7.20. The van der Waals surface area contributed by atoms with E-state index in [4.69, 9.17) is 5.73 Å². The number of halogens is 1. The van der Waals surface area contributed by atoms with Crippen molar-refractivity contribution in [2.24, 2.45) is 5.73 Å². The fraction of sp³-hybridized carbons (Fsp3) is 0.200. The lowest BCUT2D eigenvalue weighted by Crippen LogP contribution is -1.98. The van der Waals surface area contributed by atoms with E-state index in [-0.39, 0.29) is 5.82 Å². The zero-order chi connectivity index (χ0) is 10.8.